The van der Waals surface area contributed by atoms with Gasteiger partial charge in [0, 0.05) is 11.1 Å². The van der Waals surface area contributed by atoms with E-state index in [1.54, 1.807) is 18.2 Å². The predicted molar refractivity (Wildman–Crippen MR) is 81.6 cm³/mol. The molecule has 106 valence electrons. The van der Waals surface area contributed by atoms with Crippen molar-refractivity contribution in [2.24, 2.45) is 5.73 Å². The topological polar surface area (TPSA) is 72.2 Å². The Morgan fingerprint density at radius 1 is 1.37 bits per heavy atom. The van der Waals surface area contributed by atoms with Crippen LogP contribution in [-0.4, -0.2) is 18.9 Å². The van der Waals surface area contributed by atoms with E-state index in [0.29, 0.717) is 5.56 Å². The van der Waals surface area contributed by atoms with Crippen molar-refractivity contribution in [3.8, 4) is 0 Å². The minimum absolute atomic E-state index is 0.0780. The molecule has 0 bridgehead atoms. The fraction of sp³-hybridized carbons (Fsp3) is 0.462. The molecule has 0 spiro atoms. The van der Waals surface area contributed by atoms with Gasteiger partial charge in [0.15, 0.2) is 0 Å². The number of thiocarbonyl (C=S) groups is 1. The van der Waals surface area contributed by atoms with Gasteiger partial charge in [0.1, 0.15) is 4.99 Å². The number of hydrogen-bond acceptors (Lipinski definition) is 3. The maximum atomic E-state index is 12.4. The lowest BCUT2D eigenvalue weighted by Gasteiger charge is -2.26. The molecule has 4 nitrogen and oxygen atoms in total. The first kappa shape index (κ1) is 16.1. The first-order chi connectivity index (χ1) is 8.69. The van der Waals surface area contributed by atoms with E-state index in [-0.39, 0.29) is 9.88 Å². The Morgan fingerprint density at radius 3 is 2.47 bits per heavy atom. The number of rotatable bonds is 6. The fourth-order valence-corrected chi connectivity index (χ4v) is 3.91. The summed E-state index contributed by atoms with van der Waals surface area (Å²) in [6.07, 6.45) is 1.65. The predicted octanol–water partition coefficient (Wildman–Crippen LogP) is 2.18. The van der Waals surface area contributed by atoms with Crippen molar-refractivity contribution in [2.75, 3.05) is 0 Å². The first-order valence-corrected chi connectivity index (χ1v) is 8.01. The van der Waals surface area contributed by atoms with Crippen molar-refractivity contribution in [1.29, 1.82) is 0 Å². The van der Waals surface area contributed by atoms with Gasteiger partial charge < -0.3 is 5.73 Å². The highest BCUT2D eigenvalue weighted by Crippen LogP contribution is 2.20. The summed E-state index contributed by atoms with van der Waals surface area (Å²) in [5, 5.41) is 0. The average Bonchev–Trinajstić information content (AvgIpc) is 2.27. The van der Waals surface area contributed by atoms with Crippen LogP contribution in [0.5, 0.6) is 0 Å². The van der Waals surface area contributed by atoms with Crippen LogP contribution in [0.4, 0.5) is 0 Å². The second-order valence-corrected chi connectivity index (χ2v) is 7.19. The molecule has 0 radical (unpaired) electrons. The Kier molecular flexibility index (Phi) is 5.06. The second kappa shape index (κ2) is 5.98. The lowest BCUT2D eigenvalue weighted by molar-refractivity contribution is 0.417. The number of nitrogens with two attached hydrogens (primary N) is 1. The van der Waals surface area contributed by atoms with Gasteiger partial charge in [-0.3, -0.25) is 0 Å². The van der Waals surface area contributed by atoms with E-state index in [1.807, 2.05) is 20.8 Å². The van der Waals surface area contributed by atoms with Crippen molar-refractivity contribution in [3.63, 3.8) is 0 Å². The van der Waals surface area contributed by atoms with Gasteiger partial charge in [0.2, 0.25) is 10.0 Å². The Balaban J connectivity index is 3.18. The van der Waals surface area contributed by atoms with Crippen LogP contribution in [0.3, 0.4) is 0 Å². The van der Waals surface area contributed by atoms with Gasteiger partial charge in [0.25, 0.3) is 0 Å². The smallest absolute Gasteiger partial charge is 0.241 e. The molecule has 1 aromatic carbocycles. The molecule has 0 saturated carbocycles. The minimum Gasteiger partial charge on any atom is -0.389 e. The molecule has 1 aromatic rings. The van der Waals surface area contributed by atoms with Gasteiger partial charge in [-0.15, -0.1) is 0 Å². The van der Waals surface area contributed by atoms with Crippen LogP contribution in [-0.2, 0) is 10.0 Å². The summed E-state index contributed by atoms with van der Waals surface area (Å²) in [7, 11) is -3.63. The normalized spacial score (nSPS) is 12.4. The van der Waals surface area contributed by atoms with E-state index in [9.17, 15) is 8.42 Å². The summed E-state index contributed by atoms with van der Waals surface area (Å²) in [6, 6.07) is 6.50. The van der Waals surface area contributed by atoms with Crippen molar-refractivity contribution < 1.29 is 8.42 Å². The minimum atomic E-state index is -3.63. The van der Waals surface area contributed by atoms with Crippen LogP contribution in [0, 0.1) is 0 Å². The zero-order valence-electron chi connectivity index (χ0n) is 11.4. The molecule has 19 heavy (non-hydrogen) atoms. The molecule has 0 unspecified atom stereocenters. The van der Waals surface area contributed by atoms with Gasteiger partial charge in [0.05, 0.1) is 4.90 Å². The van der Waals surface area contributed by atoms with E-state index in [1.165, 1.54) is 6.07 Å². The molecule has 3 N–H and O–H groups in total. The van der Waals surface area contributed by atoms with E-state index >= 15 is 0 Å². The third kappa shape index (κ3) is 4.26. The van der Waals surface area contributed by atoms with Crippen molar-refractivity contribution in [1.82, 2.24) is 4.72 Å². The largest absolute Gasteiger partial charge is 0.389 e. The molecule has 0 aliphatic rings. The van der Waals surface area contributed by atoms with E-state index in [0.717, 1.165) is 12.8 Å². The maximum absolute atomic E-state index is 12.4. The van der Waals surface area contributed by atoms with Crippen LogP contribution < -0.4 is 10.5 Å². The third-order valence-corrected chi connectivity index (χ3v) is 4.70. The Labute approximate surface area is 120 Å². The Hall–Kier alpha value is -0.980. The molecule has 1 rings (SSSR count). The molecular formula is C13H20N2O2S2. The summed E-state index contributed by atoms with van der Waals surface area (Å²) >= 11 is 4.90. The molecule has 0 atom stereocenters. The summed E-state index contributed by atoms with van der Waals surface area (Å²) in [4.78, 5) is 0.209. The fourth-order valence-electron chi connectivity index (χ4n) is 2.00. The third-order valence-electron chi connectivity index (χ3n) is 2.73. The lowest BCUT2D eigenvalue weighted by atomic mass is 10.0. The quantitative estimate of drug-likeness (QED) is 0.790. The summed E-state index contributed by atoms with van der Waals surface area (Å²) < 4.78 is 27.5. The molecule has 0 saturated heterocycles. The highest BCUT2D eigenvalue weighted by Gasteiger charge is 2.27. The maximum Gasteiger partial charge on any atom is 0.241 e. The standard InChI is InChI=1S/C13H20N2O2S2/c1-4-9-13(2,3)15-19(16,17)11-8-6-5-7-10(11)12(14)18/h5-8,15H,4,9H2,1-3H3,(H2,14,18). The van der Waals surface area contributed by atoms with Crippen LogP contribution >= 0.6 is 12.2 Å². The van der Waals surface area contributed by atoms with Gasteiger partial charge in [-0.1, -0.05) is 43.8 Å². The average molecular weight is 300 g/mol. The SMILES string of the molecule is CCCC(C)(C)NS(=O)(=O)c1ccccc1C(N)=S. The molecular weight excluding hydrogens is 280 g/mol. The second-order valence-electron chi connectivity index (χ2n) is 5.10. The number of nitrogens with one attached hydrogen (secondary N) is 1. The van der Waals surface area contributed by atoms with Crippen molar-refractivity contribution in [2.45, 2.75) is 44.0 Å². The summed E-state index contributed by atoms with van der Waals surface area (Å²) in [5.41, 5.74) is 5.44. The van der Waals surface area contributed by atoms with Crippen LogP contribution in [0.1, 0.15) is 39.2 Å². The molecule has 6 heteroatoms. The zero-order chi connectivity index (χ0) is 14.7. The van der Waals surface area contributed by atoms with Crippen LogP contribution in [0.15, 0.2) is 29.2 Å². The monoisotopic (exact) mass is 300 g/mol. The molecule has 0 aliphatic carbocycles. The molecule has 0 fully saturated rings. The van der Waals surface area contributed by atoms with E-state index in [4.69, 9.17) is 18.0 Å². The number of hydrogen-bond donors (Lipinski definition) is 2. The molecule has 0 aromatic heterocycles. The molecule has 0 amide bonds. The van der Waals surface area contributed by atoms with Crippen LogP contribution in [0.2, 0.25) is 0 Å². The Bertz CT molecular complexity index is 566. The van der Waals surface area contributed by atoms with Crippen molar-refractivity contribution in [3.05, 3.63) is 29.8 Å². The molecule has 0 heterocycles. The summed E-state index contributed by atoms with van der Waals surface area (Å²) in [6.45, 7) is 5.73. The highest BCUT2D eigenvalue weighted by molar-refractivity contribution is 7.89. The van der Waals surface area contributed by atoms with Gasteiger partial charge in [-0.2, -0.15) is 0 Å². The van der Waals surface area contributed by atoms with E-state index < -0.39 is 15.6 Å². The van der Waals surface area contributed by atoms with Crippen molar-refractivity contribution >= 4 is 27.2 Å². The Morgan fingerprint density at radius 2 is 1.95 bits per heavy atom. The van der Waals surface area contributed by atoms with E-state index in [2.05, 4.69) is 4.72 Å². The summed E-state index contributed by atoms with van der Waals surface area (Å²) in [5.74, 6) is 0. The van der Waals surface area contributed by atoms with Gasteiger partial charge >= 0.3 is 0 Å². The number of sulfonamides is 1. The highest BCUT2D eigenvalue weighted by atomic mass is 32.2. The van der Waals surface area contributed by atoms with Crippen LogP contribution in [0.25, 0.3) is 0 Å². The zero-order valence-corrected chi connectivity index (χ0v) is 13.1. The lowest BCUT2D eigenvalue weighted by Crippen LogP contribution is -2.43. The molecule has 0 aliphatic heterocycles. The van der Waals surface area contributed by atoms with Gasteiger partial charge in [-0.25, -0.2) is 13.1 Å². The number of benzene rings is 1. The first-order valence-electron chi connectivity index (χ1n) is 6.12. The van der Waals surface area contributed by atoms with Gasteiger partial charge in [-0.05, 0) is 26.3 Å².